The van der Waals surface area contributed by atoms with Gasteiger partial charge in [0.1, 0.15) is 5.82 Å². The maximum Gasteiger partial charge on any atom is 0.319 e. The van der Waals surface area contributed by atoms with Crippen molar-refractivity contribution in [1.82, 2.24) is 15.5 Å². The molecule has 0 saturated heterocycles. The van der Waals surface area contributed by atoms with E-state index in [0.717, 1.165) is 0 Å². The summed E-state index contributed by atoms with van der Waals surface area (Å²) in [5.74, 6) is -0.657. The van der Waals surface area contributed by atoms with Gasteiger partial charge in [0.05, 0.1) is 11.6 Å². The number of halogens is 1. The number of nitrogens with one attached hydrogen (secondary N) is 2. The molecule has 1 aliphatic rings. The Morgan fingerprint density at radius 2 is 1.91 bits per heavy atom. The van der Waals surface area contributed by atoms with Gasteiger partial charge in [0, 0.05) is 24.4 Å². The Balaban J connectivity index is 2.50. The van der Waals surface area contributed by atoms with Gasteiger partial charge in [-0.2, -0.15) is 0 Å². The standard InChI is InChI=1S/C16H20FN3O2/c1-4-20(5-2)15(21)13-10(3)18-16(22)19-14(13)11-8-6-7-9-12(11)17/h6-9,14H,4-5H2,1-3H3,(H2,18,19,22)/t14-/m1/s1. The zero-order valence-electron chi connectivity index (χ0n) is 12.9. The van der Waals surface area contributed by atoms with Crippen LogP contribution in [-0.4, -0.2) is 29.9 Å². The first-order valence-electron chi connectivity index (χ1n) is 7.31. The number of rotatable bonds is 4. The Bertz CT molecular complexity index is 624. The van der Waals surface area contributed by atoms with Crippen molar-refractivity contribution in [2.75, 3.05) is 13.1 Å². The summed E-state index contributed by atoms with van der Waals surface area (Å²) in [7, 11) is 0. The fourth-order valence-electron chi connectivity index (χ4n) is 2.60. The SMILES string of the molecule is CCN(CC)C(=O)C1=C(C)NC(=O)N[C@@H]1c1ccccc1F. The van der Waals surface area contributed by atoms with Crippen molar-refractivity contribution >= 4 is 11.9 Å². The molecule has 0 unspecified atom stereocenters. The topological polar surface area (TPSA) is 61.4 Å². The smallest absolute Gasteiger partial charge is 0.319 e. The van der Waals surface area contributed by atoms with Crippen LogP contribution in [0.5, 0.6) is 0 Å². The third kappa shape index (κ3) is 2.95. The van der Waals surface area contributed by atoms with Crippen molar-refractivity contribution in [3.05, 3.63) is 46.9 Å². The number of benzene rings is 1. The van der Waals surface area contributed by atoms with E-state index in [1.165, 1.54) is 6.07 Å². The Morgan fingerprint density at radius 1 is 1.27 bits per heavy atom. The number of urea groups is 1. The highest BCUT2D eigenvalue weighted by atomic mass is 19.1. The second kappa shape index (κ2) is 6.60. The Hall–Kier alpha value is -2.37. The molecule has 3 amide bonds. The van der Waals surface area contributed by atoms with Gasteiger partial charge in [-0.3, -0.25) is 4.79 Å². The molecule has 0 aromatic heterocycles. The summed E-state index contributed by atoms with van der Waals surface area (Å²) in [6, 6.07) is 4.92. The van der Waals surface area contributed by atoms with Crippen LogP contribution < -0.4 is 10.6 Å². The number of carbonyl (C=O) groups excluding carboxylic acids is 2. The third-order valence-corrected chi connectivity index (χ3v) is 3.77. The summed E-state index contributed by atoms with van der Waals surface area (Å²) in [5, 5.41) is 5.23. The minimum Gasteiger partial charge on any atom is -0.339 e. The minimum absolute atomic E-state index is 0.205. The van der Waals surface area contributed by atoms with Gasteiger partial charge in [0.25, 0.3) is 5.91 Å². The molecule has 0 fully saturated rings. The number of hydrogen-bond acceptors (Lipinski definition) is 2. The van der Waals surface area contributed by atoms with Crippen LogP contribution in [0.15, 0.2) is 35.5 Å². The lowest BCUT2D eigenvalue weighted by molar-refractivity contribution is -0.127. The molecule has 1 aromatic carbocycles. The molecule has 5 nitrogen and oxygen atoms in total. The lowest BCUT2D eigenvalue weighted by Crippen LogP contribution is -2.48. The second-order valence-corrected chi connectivity index (χ2v) is 5.07. The zero-order chi connectivity index (χ0) is 16.3. The van der Waals surface area contributed by atoms with Gasteiger partial charge in [-0.25, -0.2) is 9.18 Å². The van der Waals surface area contributed by atoms with Crippen molar-refractivity contribution in [3.63, 3.8) is 0 Å². The van der Waals surface area contributed by atoms with Crippen LogP contribution in [0.3, 0.4) is 0 Å². The normalized spacial score (nSPS) is 17.8. The van der Waals surface area contributed by atoms with E-state index in [-0.39, 0.29) is 11.5 Å². The molecule has 0 saturated carbocycles. The number of carbonyl (C=O) groups is 2. The number of hydrogen-bond donors (Lipinski definition) is 2. The molecule has 1 atom stereocenters. The van der Waals surface area contributed by atoms with Crippen LogP contribution in [0.25, 0.3) is 0 Å². The fourth-order valence-corrected chi connectivity index (χ4v) is 2.60. The van der Waals surface area contributed by atoms with E-state index < -0.39 is 17.9 Å². The average Bonchev–Trinajstić information content (AvgIpc) is 2.48. The van der Waals surface area contributed by atoms with E-state index >= 15 is 0 Å². The van der Waals surface area contributed by atoms with E-state index in [4.69, 9.17) is 0 Å². The van der Waals surface area contributed by atoms with Crippen molar-refractivity contribution in [1.29, 1.82) is 0 Å². The highest BCUT2D eigenvalue weighted by molar-refractivity contribution is 5.98. The maximum atomic E-state index is 14.1. The van der Waals surface area contributed by atoms with Gasteiger partial charge in [-0.05, 0) is 26.8 Å². The van der Waals surface area contributed by atoms with Gasteiger partial charge in [-0.1, -0.05) is 18.2 Å². The molecule has 2 N–H and O–H groups in total. The molecular formula is C16H20FN3O2. The van der Waals surface area contributed by atoms with E-state index in [9.17, 15) is 14.0 Å². The predicted octanol–water partition coefficient (Wildman–Crippen LogP) is 2.32. The summed E-state index contributed by atoms with van der Waals surface area (Å²) in [5.41, 5.74) is 1.11. The first-order chi connectivity index (χ1) is 10.5. The number of nitrogens with zero attached hydrogens (tertiary/aromatic N) is 1. The molecule has 0 spiro atoms. The van der Waals surface area contributed by atoms with Crippen LogP contribution in [-0.2, 0) is 4.79 Å². The number of likely N-dealkylation sites (N-methyl/N-ethyl adjacent to an activating group) is 1. The van der Waals surface area contributed by atoms with Crippen LogP contribution >= 0.6 is 0 Å². The quantitative estimate of drug-likeness (QED) is 0.897. The van der Waals surface area contributed by atoms with Crippen molar-refractivity contribution in [2.45, 2.75) is 26.8 Å². The van der Waals surface area contributed by atoms with Crippen LogP contribution in [0.1, 0.15) is 32.4 Å². The van der Waals surface area contributed by atoms with Crippen LogP contribution in [0.4, 0.5) is 9.18 Å². The van der Waals surface area contributed by atoms with Crippen LogP contribution in [0.2, 0.25) is 0 Å². The predicted molar refractivity (Wildman–Crippen MR) is 81.4 cm³/mol. The second-order valence-electron chi connectivity index (χ2n) is 5.07. The number of amides is 3. The summed E-state index contributed by atoms with van der Waals surface area (Å²) in [6.07, 6.45) is 0. The molecule has 0 bridgehead atoms. The van der Waals surface area contributed by atoms with Crippen molar-refractivity contribution in [2.24, 2.45) is 0 Å². The van der Waals surface area contributed by atoms with Gasteiger partial charge in [0.2, 0.25) is 0 Å². The summed E-state index contributed by atoms with van der Waals surface area (Å²) in [6.45, 7) is 6.51. The third-order valence-electron chi connectivity index (χ3n) is 3.77. The van der Waals surface area contributed by atoms with Gasteiger partial charge in [-0.15, -0.1) is 0 Å². The Morgan fingerprint density at radius 3 is 2.50 bits per heavy atom. The molecule has 6 heteroatoms. The molecule has 1 heterocycles. The van der Waals surface area contributed by atoms with E-state index in [2.05, 4.69) is 10.6 Å². The fraction of sp³-hybridized carbons (Fsp3) is 0.375. The highest BCUT2D eigenvalue weighted by Crippen LogP contribution is 2.29. The van der Waals surface area contributed by atoms with Crippen LogP contribution in [0, 0.1) is 5.82 Å². The van der Waals surface area contributed by atoms with E-state index in [0.29, 0.717) is 24.4 Å². The Kier molecular flexibility index (Phi) is 4.80. The molecule has 1 aromatic rings. The molecule has 0 radical (unpaired) electrons. The van der Waals surface area contributed by atoms with Crippen molar-refractivity contribution < 1.29 is 14.0 Å². The van der Waals surface area contributed by atoms with E-state index in [1.54, 1.807) is 30.0 Å². The highest BCUT2D eigenvalue weighted by Gasteiger charge is 2.34. The monoisotopic (exact) mass is 305 g/mol. The molecule has 2 rings (SSSR count). The molecular weight excluding hydrogens is 285 g/mol. The summed E-state index contributed by atoms with van der Waals surface area (Å²) >= 11 is 0. The average molecular weight is 305 g/mol. The minimum atomic E-state index is -0.789. The van der Waals surface area contributed by atoms with Gasteiger partial charge >= 0.3 is 6.03 Å². The molecule has 1 aliphatic heterocycles. The lowest BCUT2D eigenvalue weighted by atomic mass is 9.94. The Labute approximate surface area is 129 Å². The van der Waals surface area contributed by atoms with Crippen molar-refractivity contribution in [3.8, 4) is 0 Å². The van der Waals surface area contributed by atoms with Gasteiger partial charge < -0.3 is 15.5 Å². The first kappa shape index (κ1) is 16.0. The summed E-state index contributed by atoms with van der Waals surface area (Å²) in [4.78, 5) is 26.1. The zero-order valence-corrected chi connectivity index (χ0v) is 12.9. The first-order valence-corrected chi connectivity index (χ1v) is 7.31. The molecule has 22 heavy (non-hydrogen) atoms. The maximum absolute atomic E-state index is 14.1. The largest absolute Gasteiger partial charge is 0.339 e. The summed E-state index contributed by atoms with van der Waals surface area (Å²) < 4.78 is 14.1. The van der Waals surface area contributed by atoms with Gasteiger partial charge in [0.15, 0.2) is 0 Å². The lowest BCUT2D eigenvalue weighted by Gasteiger charge is -2.31. The van der Waals surface area contributed by atoms with E-state index in [1.807, 2.05) is 13.8 Å². The molecule has 118 valence electrons. The number of allylic oxidation sites excluding steroid dienone is 1. The molecule has 0 aliphatic carbocycles.